The molecule has 1 rings (SSSR count). The van der Waals surface area contributed by atoms with Crippen LogP contribution in [-0.4, -0.2) is 58.4 Å². The summed E-state index contributed by atoms with van der Waals surface area (Å²) in [6.45, 7) is 2.33. The minimum atomic E-state index is -2.84. The molecule has 102 valence electrons. The quantitative estimate of drug-likeness (QED) is 0.587. The van der Waals surface area contributed by atoms with Crippen molar-refractivity contribution in [2.24, 2.45) is 11.8 Å². The smallest absolute Gasteiger partial charge is 0.150 e. The van der Waals surface area contributed by atoms with Gasteiger partial charge in [0.25, 0.3) is 0 Å². The molecule has 0 aliphatic carbocycles. The molecular weight excluding hydrogens is 242 g/mol. The third-order valence-electron chi connectivity index (χ3n) is 3.34. The predicted molar refractivity (Wildman–Crippen MR) is 66.7 cm³/mol. The van der Waals surface area contributed by atoms with Gasteiger partial charge in [0.05, 0.1) is 18.1 Å². The molecule has 0 amide bonds. The number of aliphatic hydroxyl groups excluding tert-OH is 1. The molecule has 1 aliphatic heterocycles. The van der Waals surface area contributed by atoms with Gasteiger partial charge in [0.15, 0.2) is 9.84 Å². The van der Waals surface area contributed by atoms with Gasteiger partial charge in [-0.05, 0) is 31.2 Å². The van der Waals surface area contributed by atoms with Gasteiger partial charge >= 0.3 is 0 Å². The number of rotatable bonds is 8. The summed E-state index contributed by atoms with van der Waals surface area (Å²) in [5.41, 5.74) is 0. The molecule has 0 saturated carbocycles. The van der Waals surface area contributed by atoms with Gasteiger partial charge in [0.2, 0.25) is 0 Å². The van der Waals surface area contributed by atoms with E-state index in [4.69, 9.17) is 4.74 Å². The van der Waals surface area contributed by atoms with Crippen LogP contribution in [0.15, 0.2) is 0 Å². The van der Waals surface area contributed by atoms with Gasteiger partial charge in [-0.25, -0.2) is 8.42 Å². The first-order valence-corrected chi connectivity index (χ1v) is 7.92. The van der Waals surface area contributed by atoms with Crippen LogP contribution < -0.4 is 5.32 Å². The Morgan fingerprint density at radius 3 is 2.76 bits per heavy atom. The van der Waals surface area contributed by atoms with Crippen molar-refractivity contribution in [1.29, 1.82) is 0 Å². The first kappa shape index (κ1) is 14.9. The molecule has 0 aromatic heterocycles. The molecule has 0 spiro atoms. The number of ether oxygens (including phenoxy) is 1. The van der Waals surface area contributed by atoms with Gasteiger partial charge in [0.1, 0.15) is 0 Å². The largest absolute Gasteiger partial charge is 0.396 e. The van der Waals surface area contributed by atoms with Crippen LogP contribution >= 0.6 is 0 Å². The summed E-state index contributed by atoms with van der Waals surface area (Å²) in [6.07, 6.45) is 1.52. The third kappa shape index (κ3) is 5.33. The highest BCUT2D eigenvalue weighted by atomic mass is 32.2. The SMILES string of the molecule is COCCNCCC(CO)C1CCS(=O)(=O)C1. The van der Waals surface area contributed by atoms with Crippen molar-refractivity contribution in [2.45, 2.75) is 12.8 Å². The molecule has 6 heteroatoms. The summed E-state index contributed by atoms with van der Waals surface area (Å²) in [7, 11) is -1.19. The van der Waals surface area contributed by atoms with Crippen LogP contribution in [0.5, 0.6) is 0 Å². The zero-order valence-corrected chi connectivity index (χ0v) is 11.2. The fraction of sp³-hybridized carbons (Fsp3) is 1.00. The number of nitrogens with one attached hydrogen (secondary N) is 1. The van der Waals surface area contributed by atoms with Crippen LogP contribution in [-0.2, 0) is 14.6 Å². The van der Waals surface area contributed by atoms with E-state index < -0.39 is 9.84 Å². The molecule has 1 aliphatic rings. The maximum absolute atomic E-state index is 11.4. The lowest BCUT2D eigenvalue weighted by atomic mass is 9.90. The summed E-state index contributed by atoms with van der Waals surface area (Å²) >= 11 is 0. The van der Waals surface area contributed by atoms with E-state index in [1.165, 1.54) is 0 Å². The highest BCUT2D eigenvalue weighted by molar-refractivity contribution is 7.91. The third-order valence-corrected chi connectivity index (χ3v) is 5.14. The Morgan fingerprint density at radius 2 is 2.24 bits per heavy atom. The monoisotopic (exact) mass is 265 g/mol. The van der Waals surface area contributed by atoms with E-state index in [0.717, 1.165) is 19.5 Å². The van der Waals surface area contributed by atoms with E-state index >= 15 is 0 Å². The molecule has 2 atom stereocenters. The second-order valence-corrected chi connectivity index (χ2v) is 6.87. The molecule has 2 N–H and O–H groups in total. The maximum atomic E-state index is 11.4. The first-order valence-electron chi connectivity index (χ1n) is 6.10. The molecule has 17 heavy (non-hydrogen) atoms. The van der Waals surface area contributed by atoms with E-state index in [0.29, 0.717) is 13.0 Å². The number of sulfone groups is 1. The summed E-state index contributed by atoms with van der Waals surface area (Å²) in [6, 6.07) is 0. The molecule has 1 heterocycles. The maximum Gasteiger partial charge on any atom is 0.150 e. The number of aliphatic hydroxyl groups is 1. The number of methoxy groups -OCH3 is 1. The van der Waals surface area contributed by atoms with E-state index in [9.17, 15) is 13.5 Å². The summed E-state index contributed by atoms with van der Waals surface area (Å²) in [4.78, 5) is 0. The lowest BCUT2D eigenvalue weighted by Gasteiger charge is -2.20. The van der Waals surface area contributed by atoms with Crippen molar-refractivity contribution in [2.75, 3.05) is 44.9 Å². The van der Waals surface area contributed by atoms with Crippen LogP contribution in [0.4, 0.5) is 0 Å². The molecule has 5 nitrogen and oxygen atoms in total. The molecule has 0 bridgehead atoms. The van der Waals surface area contributed by atoms with Gasteiger partial charge in [-0.1, -0.05) is 0 Å². The minimum absolute atomic E-state index is 0.0755. The fourth-order valence-corrected chi connectivity index (χ4v) is 4.18. The average Bonchev–Trinajstić information content (AvgIpc) is 2.64. The Balaban J connectivity index is 2.24. The van der Waals surface area contributed by atoms with Crippen molar-refractivity contribution < 1.29 is 18.3 Å². The minimum Gasteiger partial charge on any atom is -0.396 e. The first-order chi connectivity index (χ1) is 8.09. The molecule has 0 aromatic rings. The fourth-order valence-electron chi connectivity index (χ4n) is 2.26. The topological polar surface area (TPSA) is 75.6 Å². The Hall–Kier alpha value is -0.170. The summed E-state index contributed by atoms with van der Waals surface area (Å²) < 4.78 is 27.6. The van der Waals surface area contributed by atoms with Crippen molar-refractivity contribution in [3.8, 4) is 0 Å². The Kier molecular flexibility index (Phi) is 6.40. The molecule has 1 saturated heterocycles. The summed E-state index contributed by atoms with van der Waals surface area (Å²) in [5.74, 6) is 0.762. The lowest BCUT2D eigenvalue weighted by Crippen LogP contribution is -2.27. The van der Waals surface area contributed by atoms with E-state index in [1.807, 2.05) is 0 Å². The Labute approximate surface area is 103 Å². The van der Waals surface area contributed by atoms with Crippen LogP contribution in [0.1, 0.15) is 12.8 Å². The van der Waals surface area contributed by atoms with Gasteiger partial charge < -0.3 is 15.2 Å². The van der Waals surface area contributed by atoms with E-state index in [-0.39, 0.29) is 29.9 Å². The summed E-state index contributed by atoms with van der Waals surface area (Å²) in [5, 5.41) is 12.5. The average molecular weight is 265 g/mol. The number of hydrogen-bond donors (Lipinski definition) is 2. The molecule has 2 unspecified atom stereocenters. The normalized spacial score (nSPS) is 24.9. The number of hydrogen-bond acceptors (Lipinski definition) is 5. The predicted octanol–water partition coefficient (Wildman–Crippen LogP) is -0.344. The zero-order chi connectivity index (χ0) is 12.7. The molecule has 0 aromatic carbocycles. The van der Waals surface area contributed by atoms with Crippen LogP contribution in [0.25, 0.3) is 0 Å². The molecule has 1 fully saturated rings. The van der Waals surface area contributed by atoms with E-state index in [2.05, 4.69) is 5.32 Å². The van der Waals surface area contributed by atoms with Crippen molar-refractivity contribution in [1.82, 2.24) is 5.32 Å². The second kappa shape index (κ2) is 7.31. The Morgan fingerprint density at radius 1 is 1.47 bits per heavy atom. The van der Waals surface area contributed by atoms with E-state index in [1.54, 1.807) is 7.11 Å². The molecular formula is C11H23NO4S. The van der Waals surface area contributed by atoms with Crippen molar-refractivity contribution in [3.05, 3.63) is 0 Å². The van der Waals surface area contributed by atoms with Crippen molar-refractivity contribution in [3.63, 3.8) is 0 Å². The molecule has 0 radical (unpaired) electrons. The van der Waals surface area contributed by atoms with Gasteiger partial charge in [0, 0.05) is 20.3 Å². The van der Waals surface area contributed by atoms with Crippen LogP contribution in [0, 0.1) is 11.8 Å². The van der Waals surface area contributed by atoms with Crippen molar-refractivity contribution >= 4 is 9.84 Å². The highest BCUT2D eigenvalue weighted by Crippen LogP contribution is 2.27. The highest BCUT2D eigenvalue weighted by Gasteiger charge is 2.32. The standard InChI is InChI=1S/C11H23NO4S/c1-16-6-5-12-4-2-10(8-13)11-3-7-17(14,15)9-11/h10-13H,2-9H2,1H3. The van der Waals surface area contributed by atoms with Crippen LogP contribution in [0.3, 0.4) is 0 Å². The second-order valence-electron chi connectivity index (χ2n) is 4.64. The van der Waals surface area contributed by atoms with Gasteiger partial charge in [-0.2, -0.15) is 0 Å². The van der Waals surface area contributed by atoms with Gasteiger partial charge in [-0.15, -0.1) is 0 Å². The zero-order valence-electron chi connectivity index (χ0n) is 10.4. The van der Waals surface area contributed by atoms with Crippen LogP contribution in [0.2, 0.25) is 0 Å². The van der Waals surface area contributed by atoms with Gasteiger partial charge in [-0.3, -0.25) is 0 Å². The Bertz CT molecular complexity index is 305. The lowest BCUT2D eigenvalue weighted by molar-refractivity contribution is 0.171.